The Bertz CT molecular complexity index is 325. The largest absolute Gasteiger partial charge is 0.346 e. The van der Waals surface area contributed by atoms with E-state index < -0.39 is 0 Å². The number of aryl methyl sites for hydroxylation is 1. The molecule has 0 bridgehead atoms. The molecule has 14 heavy (non-hydrogen) atoms. The van der Waals surface area contributed by atoms with E-state index in [-0.39, 0.29) is 0 Å². The van der Waals surface area contributed by atoms with Crippen molar-refractivity contribution in [2.24, 2.45) is 0 Å². The molecule has 1 aliphatic rings. The second kappa shape index (κ2) is 3.43. The number of aromatic nitrogens is 1. The van der Waals surface area contributed by atoms with Crippen LogP contribution in [0.5, 0.6) is 0 Å². The average molecular weight is 192 g/mol. The first-order valence-electron chi connectivity index (χ1n) is 5.53. The molecule has 0 N–H and O–H groups in total. The fourth-order valence-corrected chi connectivity index (χ4v) is 2.54. The van der Waals surface area contributed by atoms with E-state index in [2.05, 4.69) is 49.3 Å². The SMILES string of the molecule is Cc1ccc2n1CCN(C(C)C)C2C. The third kappa shape index (κ3) is 1.38. The van der Waals surface area contributed by atoms with Crippen LogP contribution in [0, 0.1) is 6.92 Å². The van der Waals surface area contributed by atoms with Gasteiger partial charge in [0.1, 0.15) is 0 Å². The molecular formula is C12H20N2. The van der Waals surface area contributed by atoms with E-state index in [1.165, 1.54) is 17.9 Å². The molecule has 1 unspecified atom stereocenters. The maximum Gasteiger partial charge on any atom is 0.0475 e. The fourth-order valence-electron chi connectivity index (χ4n) is 2.54. The van der Waals surface area contributed by atoms with Gasteiger partial charge in [0.15, 0.2) is 0 Å². The molecule has 1 aromatic heterocycles. The molecule has 2 heteroatoms. The Morgan fingerprint density at radius 1 is 1.29 bits per heavy atom. The van der Waals surface area contributed by atoms with Crippen LogP contribution in [0.1, 0.15) is 38.2 Å². The molecule has 0 amide bonds. The lowest BCUT2D eigenvalue weighted by Gasteiger charge is -2.38. The van der Waals surface area contributed by atoms with Crippen LogP contribution in [0.2, 0.25) is 0 Å². The minimum absolute atomic E-state index is 0.567. The van der Waals surface area contributed by atoms with Gasteiger partial charge in [0.2, 0.25) is 0 Å². The van der Waals surface area contributed by atoms with Gasteiger partial charge in [0, 0.05) is 36.6 Å². The Hall–Kier alpha value is -0.760. The summed E-state index contributed by atoms with van der Waals surface area (Å²) in [5, 5.41) is 0. The predicted molar refractivity (Wildman–Crippen MR) is 59.4 cm³/mol. The van der Waals surface area contributed by atoms with Crippen molar-refractivity contribution in [2.75, 3.05) is 6.54 Å². The Labute approximate surface area is 86.5 Å². The predicted octanol–water partition coefficient (Wildman–Crippen LogP) is 2.58. The third-order valence-corrected chi connectivity index (χ3v) is 3.40. The van der Waals surface area contributed by atoms with E-state index in [0.717, 1.165) is 6.54 Å². The molecule has 2 nitrogen and oxygen atoms in total. The molecule has 0 fully saturated rings. The molecule has 0 saturated carbocycles. The molecule has 0 saturated heterocycles. The van der Waals surface area contributed by atoms with Crippen LogP contribution in [-0.2, 0) is 6.54 Å². The van der Waals surface area contributed by atoms with Crippen molar-refractivity contribution in [3.63, 3.8) is 0 Å². The van der Waals surface area contributed by atoms with Crippen molar-refractivity contribution in [3.05, 3.63) is 23.5 Å². The lowest BCUT2D eigenvalue weighted by molar-refractivity contribution is 0.129. The highest BCUT2D eigenvalue weighted by Gasteiger charge is 2.25. The molecule has 0 aliphatic carbocycles. The van der Waals surface area contributed by atoms with Gasteiger partial charge in [-0.1, -0.05) is 0 Å². The standard InChI is InChI=1S/C12H20N2/c1-9(2)13-7-8-14-10(3)5-6-12(14)11(13)4/h5-6,9,11H,7-8H2,1-4H3. The first kappa shape index (κ1) is 9.78. The molecule has 78 valence electrons. The highest BCUT2D eigenvalue weighted by Crippen LogP contribution is 2.28. The van der Waals surface area contributed by atoms with E-state index >= 15 is 0 Å². The molecular weight excluding hydrogens is 172 g/mol. The van der Waals surface area contributed by atoms with Crippen LogP contribution < -0.4 is 0 Å². The molecule has 0 spiro atoms. The van der Waals surface area contributed by atoms with Gasteiger partial charge in [-0.05, 0) is 39.8 Å². The Morgan fingerprint density at radius 2 is 2.00 bits per heavy atom. The highest BCUT2D eigenvalue weighted by molar-refractivity contribution is 5.20. The topological polar surface area (TPSA) is 8.17 Å². The maximum absolute atomic E-state index is 2.56. The van der Waals surface area contributed by atoms with Crippen molar-refractivity contribution < 1.29 is 0 Å². The van der Waals surface area contributed by atoms with Crippen molar-refractivity contribution in [2.45, 2.75) is 46.3 Å². The molecule has 2 rings (SSSR count). The van der Waals surface area contributed by atoms with E-state index in [1.807, 2.05) is 0 Å². The summed E-state index contributed by atoms with van der Waals surface area (Å²) in [6, 6.07) is 5.72. The molecule has 0 radical (unpaired) electrons. The monoisotopic (exact) mass is 192 g/mol. The summed E-state index contributed by atoms with van der Waals surface area (Å²) in [6.07, 6.45) is 0. The number of hydrogen-bond donors (Lipinski definition) is 0. The van der Waals surface area contributed by atoms with Crippen molar-refractivity contribution in [1.29, 1.82) is 0 Å². The minimum Gasteiger partial charge on any atom is -0.346 e. The zero-order valence-corrected chi connectivity index (χ0v) is 9.62. The van der Waals surface area contributed by atoms with E-state index in [1.54, 1.807) is 0 Å². The van der Waals surface area contributed by atoms with E-state index in [9.17, 15) is 0 Å². The van der Waals surface area contributed by atoms with Gasteiger partial charge in [-0.2, -0.15) is 0 Å². The normalized spacial score (nSPS) is 22.8. The van der Waals surface area contributed by atoms with Gasteiger partial charge in [0.25, 0.3) is 0 Å². The highest BCUT2D eigenvalue weighted by atomic mass is 15.2. The van der Waals surface area contributed by atoms with Gasteiger partial charge in [-0.3, -0.25) is 4.90 Å². The second-order valence-corrected chi connectivity index (χ2v) is 4.56. The van der Waals surface area contributed by atoms with E-state index in [4.69, 9.17) is 0 Å². The van der Waals surface area contributed by atoms with Crippen molar-refractivity contribution >= 4 is 0 Å². The minimum atomic E-state index is 0.567. The van der Waals surface area contributed by atoms with Crippen LogP contribution in [0.4, 0.5) is 0 Å². The molecule has 1 atom stereocenters. The van der Waals surface area contributed by atoms with E-state index in [0.29, 0.717) is 12.1 Å². The number of fused-ring (bicyclic) bond motifs is 1. The second-order valence-electron chi connectivity index (χ2n) is 4.56. The van der Waals surface area contributed by atoms with Crippen LogP contribution in [0.15, 0.2) is 12.1 Å². The lowest BCUT2D eigenvalue weighted by atomic mass is 10.1. The van der Waals surface area contributed by atoms with Gasteiger partial charge in [-0.25, -0.2) is 0 Å². The first-order valence-corrected chi connectivity index (χ1v) is 5.53. The molecule has 1 aliphatic heterocycles. The summed E-state index contributed by atoms with van der Waals surface area (Å²) >= 11 is 0. The number of nitrogens with zero attached hydrogens (tertiary/aromatic N) is 2. The Balaban J connectivity index is 2.32. The lowest BCUT2D eigenvalue weighted by Crippen LogP contribution is -2.41. The molecule has 1 aromatic rings. The Kier molecular flexibility index (Phi) is 2.40. The maximum atomic E-state index is 2.56. The summed E-state index contributed by atoms with van der Waals surface area (Å²) in [7, 11) is 0. The van der Waals surface area contributed by atoms with Crippen LogP contribution in [0.25, 0.3) is 0 Å². The summed E-state index contributed by atoms with van der Waals surface area (Å²) in [6.45, 7) is 11.4. The van der Waals surface area contributed by atoms with Gasteiger partial charge in [0.05, 0.1) is 0 Å². The number of rotatable bonds is 1. The summed E-state index contributed by atoms with van der Waals surface area (Å²) in [5.41, 5.74) is 2.87. The summed E-state index contributed by atoms with van der Waals surface area (Å²) < 4.78 is 2.45. The van der Waals surface area contributed by atoms with Crippen LogP contribution in [-0.4, -0.2) is 22.1 Å². The Morgan fingerprint density at radius 3 is 2.64 bits per heavy atom. The van der Waals surface area contributed by atoms with Gasteiger partial charge >= 0.3 is 0 Å². The quantitative estimate of drug-likeness (QED) is 0.664. The first-order chi connectivity index (χ1) is 6.61. The zero-order chi connectivity index (χ0) is 10.3. The third-order valence-electron chi connectivity index (χ3n) is 3.40. The van der Waals surface area contributed by atoms with Gasteiger partial charge < -0.3 is 4.57 Å². The molecule has 2 heterocycles. The van der Waals surface area contributed by atoms with Crippen molar-refractivity contribution in [3.8, 4) is 0 Å². The molecule has 0 aromatic carbocycles. The zero-order valence-electron chi connectivity index (χ0n) is 9.62. The fraction of sp³-hybridized carbons (Fsp3) is 0.667. The van der Waals surface area contributed by atoms with Crippen molar-refractivity contribution in [1.82, 2.24) is 9.47 Å². The smallest absolute Gasteiger partial charge is 0.0475 e. The average Bonchev–Trinajstić information content (AvgIpc) is 2.49. The summed E-state index contributed by atoms with van der Waals surface area (Å²) in [5.74, 6) is 0. The van der Waals surface area contributed by atoms with Crippen LogP contribution in [0.3, 0.4) is 0 Å². The van der Waals surface area contributed by atoms with Crippen LogP contribution >= 0.6 is 0 Å². The van der Waals surface area contributed by atoms with Gasteiger partial charge in [-0.15, -0.1) is 0 Å². The summed E-state index contributed by atoms with van der Waals surface area (Å²) in [4.78, 5) is 2.56. The number of hydrogen-bond acceptors (Lipinski definition) is 1.